The van der Waals surface area contributed by atoms with Crippen LogP contribution >= 0.6 is 0 Å². The minimum Gasteiger partial charge on any atom is -0.481 e. The molecule has 0 aliphatic heterocycles. The highest BCUT2D eigenvalue weighted by Crippen LogP contribution is 2.19. The third-order valence-corrected chi connectivity index (χ3v) is 22.5. The van der Waals surface area contributed by atoms with E-state index in [1.165, 1.54) is 19.4 Å². The molecular formula is C88H158N24O20. The highest BCUT2D eigenvalue weighted by Gasteiger charge is 2.41. The highest BCUT2D eigenvalue weighted by molar-refractivity contribution is 6.02. The number of aromatic nitrogens is 2. The van der Waals surface area contributed by atoms with Gasteiger partial charge < -0.3 is 130 Å². The van der Waals surface area contributed by atoms with Crippen molar-refractivity contribution in [1.29, 1.82) is 0 Å². The van der Waals surface area contributed by atoms with Gasteiger partial charge in [0.1, 0.15) is 90.6 Å². The van der Waals surface area contributed by atoms with Crippen LogP contribution in [-0.4, -0.2) is 250 Å². The maximum atomic E-state index is 14.7. The Morgan fingerprint density at radius 1 is 0.348 bits per heavy atom. The second kappa shape index (κ2) is 61.7. The van der Waals surface area contributed by atoms with Crippen molar-refractivity contribution in [1.82, 2.24) is 95.0 Å². The van der Waals surface area contributed by atoms with Gasteiger partial charge in [0.2, 0.25) is 106 Å². The third-order valence-electron chi connectivity index (χ3n) is 22.5. The number of imidazole rings is 1. The lowest BCUT2D eigenvalue weighted by Gasteiger charge is -2.30. The number of amides is 18. The van der Waals surface area contributed by atoms with E-state index in [9.17, 15) is 96.2 Å². The number of carbonyl (C=O) groups excluding carboxylic acids is 18. The normalized spacial score (nSPS) is 15.8. The predicted molar refractivity (Wildman–Crippen MR) is 493 cm³/mol. The number of H-pyrrole nitrogens is 1. The van der Waals surface area contributed by atoms with Gasteiger partial charge in [0, 0.05) is 18.3 Å². The van der Waals surface area contributed by atoms with Gasteiger partial charge in [-0.15, -0.1) is 0 Å². The van der Waals surface area contributed by atoms with Crippen molar-refractivity contribution < 1.29 is 96.2 Å². The Balaban J connectivity index is 3.58. The van der Waals surface area contributed by atoms with Crippen LogP contribution in [0.2, 0.25) is 0 Å². The molecule has 19 atom stereocenters. The molecule has 0 saturated carbocycles. The second-order valence-corrected chi connectivity index (χ2v) is 36.6. The van der Waals surface area contributed by atoms with Gasteiger partial charge in [-0.05, 0) is 157 Å². The van der Waals surface area contributed by atoms with Crippen LogP contribution in [-0.2, 0) is 97.5 Å². The van der Waals surface area contributed by atoms with Crippen LogP contribution < -0.4 is 119 Å². The molecule has 750 valence electrons. The van der Waals surface area contributed by atoms with Gasteiger partial charge in [-0.3, -0.25) is 91.1 Å². The number of hydrogen-bond acceptors (Lipinski definition) is 24. The first-order chi connectivity index (χ1) is 61.8. The summed E-state index contributed by atoms with van der Waals surface area (Å²) in [4.78, 5) is 271. The van der Waals surface area contributed by atoms with Crippen LogP contribution in [0.1, 0.15) is 246 Å². The predicted octanol–water partition coefficient (Wildman–Crippen LogP) is -2.85. The molecule has 1 heterocycles. The summed E-state index contributed by atoms with van der Waals surface area (Å²) in [7, 11) is 0. The lowest BCUT2D eigenvalue weighted by molar-refractivity contribution is -0.142. The number of rotatable bonds is 66. The van der Waals surface area contributed by atoms with Crippen LogP contribution in [0, 0.1) is 53.3 Å². The Morgan fingerprint density at radius 3 is 1.03 bits per heavy atom. The molecular weight excluding hydrogens is 1710 g/mol. The number of unbranched alkanes of at least 4 members (excludes halogenated alkanes) is 3. The van der Waals surface area contributed by atoms with E-state index in [0.29, 0.717) is 37.8 Å². The van der Waals surface area contributed by atoms with E-state index < -0.39 is 258 Å². The van der Waals surface area contributed by atoms with Crippen LogP contribution in [0.25, 0.3) is 0 Å². The summed E-state index contributed by atoms with van der Waals surface area (Å²) in [5, 5.41) is 52.0. The van der Waals surface area contributed by atoms with Crippen molar-refractivity contribution in [3.8, 4) is 0 Å². The molecule has 132 heavy (non-hydrogen) atoms. The van der Waals surface area contributed by atoms with E-state index in [2.05, 4.69) is 95.0 Å². The van der Waals surface area contributed by atoms with E-state index >= 15 is 0 Å². The maximum Gasteiger partial charge on any atom is 0.305 e. The standard InChI is InChI=1S/C88H158N24O20/c1-20-50(16)67(93)84(128)105-62(39-64(92)113)82(126)111-71(51(17)21-2)87(131)102-56(30-24-27-33-90)77(121)104-63(40-66(115)116)83(127)112-72(52(18)22-3)88(132)107-59(36-45(6)7)79(123)98-53(19)74(118)100-55(29-23-26-32-89)76(120)103-60(37-46(8)9)80(124)110-69(48(12)13)85(129)101-57(31-25-28-34-91)78(122)109-70(49(14)15)86(130)106-58(35-44(4)5)75(119)96-42-65(114)99-61(38-54-41-95-43-97-54)81(125)108-68(47(10)11)73(94)117/h41,43-53,55-63,67-72H,20-40,42,89-91,93H2,1-19H3,(H2,92,113)(H2,94,117)(H,95,97)(H,96,119)(H,98,123)(H,99,114)(H,100,118)(H,101,129)(H,102,131)(H,103,120)(H,104,121)(H,105,128)(H,106,130)(H,107,132)(H,108,125)(H,109,122)(H,110,124)(H,111,126)(H,112,127)(H,115,116). The lowest BCUT2D eigenvalue weighted by atomic mass is 9.96. The van der Waals surface area contributed by atoms with Crippen molar-refractivity contribution in [2.24, 2.45) is 87.7 Å². The number of aliphatic carboxylic acids is 1. The van der Waals surface area contributed by atoms with Crippen molar-refractivity contribution in [2.45, 2.75) is 344 Å². The molecule has 1 aromatic heterocycles. The summed E-state index contributed by atoms with van der Waals surface area (Å²) in [5.74, 6) is -21.4. The van der Waals surface area contributed by atoms with Gasteiger partial charge in [-0.1, -0.05) is 144 Å². The van der Waals surface area contributed by atoms with E-state index in [4.69, 9.17) is 34.4 Å². The average molecular weight is 1870 g/mol. The summed E-state index contributed by atoms with van der Waals surface area (Å²) in [5.41, 5.74) is 35.1. The van der Waals surface area contributed by atoms with Crippen LogP contribution in [0.15, 0.2) is 12.5 Å². The Labute approximate surface area is 776 Å². The second-order valence-electron chi connectivity index (χ2n) is 36.6. The summed E-state index contributed by atoms with van der Waals surface area (Å²) in [6.45, 7) is 31.9. The fourth-order valence-electron chi connectivity index (χ4n) is 13.9. The quantitative estimate of drug-likeness (QED) is 0.0292. The smallest absolute Gasteiger partial charge is 0.305 e. The molecule has 1 aromatic rings. The summed E-state index contributed by atoms with van der Waals surface area (Å²) < 4.78 is 0. The van der Waals surface area contributed by atoms with Crippen LogP contribution in [0.5, 0.6) is 0 Å². The number of nitrogens with one attached hydrogen (secondary N) is 17. The zero-order valence-electron chi connectivity index (χ0n) is 80.8. The first-order valence-corrected chi connectivity index (χ1v) is 46.3. The first-order valence-electron chi connectivity index (χ1n) is 46.3. The fourth-order valence-corrected chi connectivity index (χ4v) is 13.9. The van der Waals surface area contributed by atoms with Gasteiger partial charge >= 0.3 is 5.97 Å². The van der Waals surface area contributed by atoms with E-state index in [-0.39, 0.29) is 114 Å². The summed E-state index contributed by atoms with van der Waals surface area (Å²) in [6, 6.07) is -22.1. The van der Waals surface area contributed by atoms with Gasteiger partial charge in [0.05, 0.1) is 31.8 Å². The minimum atomic E-state index is -1.90. The minimum absolute atomic E-state index is 0.00226. The molecule has 1 rings (SSSR count). The molecule has 0 aliphatic carbocycles. The van der Waals surface area contributed by atoms with E-state index in [0.717, 1.165) is 0 Å². The summed E-state index contributed by atoms with van der Waals surface area (Å²) >= 11 is 0. The third kappa shape index (κ3) is 44.0. The Morgan fingerprint density at radius 2 is 0.667 bits per heavy atom. The monoisotopic (exact) mass is 1870 g/mol. The van der Waals surface area contributed by atoms with Gasteiger partial charge in [-0.25, -0.2) is 4.98 Å². The number of aromatic amines is 1. The molecule has 0 bridgehead atoms. The topological polar surface area (TPSA) is 722 Å². The molecule has 0 fully saturated rings. The van der Waals surface area contributed by atoms with Gasteiger partial charge in [-0.2, -0.15) is 0 Å². The molecule has 0 spiro atoms. The molecule has 44 nitrogen and oxygen atoms in total. The largest absolute Gasteiger partial charge is 0.481 e. The maximum absolute atomic E-state index is 14.7. The number of carboxylic acids is 1. The van der Waals surface area contributed by atoms with Crippen LogP contribution in [0.3, 0.4) is 0 Å². The number of carboxylic acid groups (broad SMARTS) is 1. The molecule has 44 heteroatoms. The van der Waals surface area contributed by atoms with E-state index in [1.54, 1.807) is 125 Å². The number of primary amides is 2. The molecule has 30 N–H and O–H groups in total. The van der Waals surface area contributed by atoms with E-state index in [1.807, 2.05) is 0 Å². The van der Waals surface area contributed by atoms with Crippen LogP contribution in [0.4, 0.5) is 0 Å². The average Bonchev–Trinajstić information content (AvgIpc) is 1.15. The zero-order valence-corrected chi connectivity index (χ0v) is 80.8. The molecule has 19 unspecified atom stereocenters. The molecule has 0 radical (unpaired) electrons. The van der Waals surface area contributed by atoms with Crippen molar-refractivity contribution in [3.63, 3.8) is 0 Å². The number of nitrogens with two attached hydrogens (primary N) is 6. The molecule has 0 aromatic carbocycles. The Bertz CT molecular complexity index is 3900. The zero-order chi connectivity index (χ0) is 101. The Kier molecular flexibility index (Phi) is 55.6. The van der Waals surface area contributed by atoms with Gasteiger partial charge in [0.15, 0.2) is 0 Å². The summed E-state index contributed by atoms with van der Waals surface area (Å²) in [6.07, 6.45) is 3.88. The molecule has 0 saturated heterocycles. The van der Waals surface area contributed by atoms with Crippen molar-refractivity contribution in [3.05, 3.63) is 18.2 Å². The molecule has 0 aliphatic rings. The number of hydrogen-bond donors (Lipinski definition) is 24. The van der Waals surface area contributed by atoms with Gasteiger partial charge in [0.25, 0.3) is 0 Å². The SMILES string of the molecule is CCC(C)C(N)C(=O)NC(CC(N)=O)C(=O)NC(C(=O)NC(CCCCN)C(=O)NC(CC(=O)O)C(=O)NC(C(=O)NC(CC(C)C)C(=O)NC(C)C(=O)NC(CCCCN)C(=O)NC(CC(C)C)C(=O)NC(C(=O)NC(CCCCN)C(=O)NC(C(=O)NC(CC(C)C)C(=O)NCC(=O)NC(Cc1cnc[nH]1)C(=O)NC(C(N)=O)C(C)C)C(C)C)C(C)C)C(C)CC)C(C)CC. The highest BCUT2D eigenvalue weighted by atomic mass is 16.4. The number of nitrogens with zero attached hydrogens (tertiary/aromatic N) is 1. The fraction of sp³-hybridized carbons (Fsp3) is 0.750. The lowest BCUT2D eigenvalue weighted by Crippen LogP contribution is -2.62. The molecule has 18 amide bonds. The van der Waals surface area contributed by atoms with Crippen molar-refractivity contribution >= 4 is 112 Å². The Hall–Kier alpha value is -11.0. The number of carbonyl (C=O) groups is 19. The van der Waals surface area contributed by atoms with Crippen molar-refractivity contribution in [2.75, 3.05) is 26.2 Å². The first kappa shape index (κ1) is 119.